The lowest BCUT2D eigenvalue weighted by atomic mass is 10.3. The third-order valence-electron chi connectivity index (χ3n) is 3.62. The molecular weight excluding hydrogens is 378 g/mol. The summed E-state index contributed by atoms with van der Waals surface area (Å²) in [5.74, 6) is 0.828. The van der Waals surface area contributed by atoms with E-state index in [2.05, 4.69) is 15.4 Å². The maximum Gasteiger partial charge on any atom is 0.388 e. The minimum Gasteiger partial charge on any atom is -0.490 e. The Morgan fingerprint density at radius 3 is 2.81 bits per heavy atom. The summed E-state index contributed by atoms with van der Waals surface area (Å²) in [4.78, 5) is 14.2. The second kappa shape index (κ2) is 8.06. The van der Waals surface area contributed by atoms with Gasteiger partial charge in [0.2, 0.25) is 0 Å². The van der Waals surface area contributed by atoms with Gasteiger partial charge in [-0.05, 0) is 22.0 Å². The first-order valence-electron chi connectivity index (χ1n) is 7.82. The summed E-state index contributed by atoms with van der Waals surface area (Å²) in [6.45, 7) is 0.897. The van der Waals surface area contributed by atoms with Gasteiger partial charge < -0.3 is 29.6 Å². The molecule has 0 bridgehead atoms. The number of fused-ring (bicyclic) bond motifs is 1. The molecule has 27 heavy (non-hydrogen) atoms. The zero-order chi connectivity index (χ0) is 19.4. The lowest BCUT2D eigenvalue weighted by molar-refractivity contribution is -0.388. The molecule has 1 N–H and O–H groups in total. The van der Waals surface area contributed by atoms with Crippen molar-refractivity contribution in [2.24, 2.45) is 0 Å². The van der Waals surface area contributed by atoms with Crippen LogP contribution in [0.1, 0.15) is 0 Å². The van der Waals surface area contributed by atoms with Crippen LogP contribution in [0, 0.1) is 10.1 Å². The fraction of sp³-hybridized carbons (Fsp3) is 0.250. The number of nitro groups is 1. The molecule has 0 aromatic carbocycles. The van der Waals surface area contributed by atoms with E-state index in [0.717, 1.165) is 0 Å². The molecule has 142 valence electrons. The van der Waals surface area contributed by atoms with Crippen LogP contribution in [0.25, 0.3) is 5.52 Å². The Balaban J connectivity index is 1.88. The Hall–Kier alpha value is -3.11. The summed E-state index contributed by atoms with van der Waals surface area (Å²) < 4.78 is 17.8. The van der Waals surface area contributed by atoms with Crippen molar-refractivity contribution in [3.05, 3.63) is 45.9 Å². The Kier molecular flexibility index (Phi) is 5.57. The van der Waals surface area contributed by atoms with Crippen molar-refractivity contribution in [2.75, 3.05) is 32.7 Å². The monoisotopic (exact) mass is 393 g/mol. The van der Waals surface area contributed by atoms with Crippen molar-refractivity contribution in [3.8, 4) is 17.2 Å². The summed E-state index contributed by atoms with van der Waals surface area (Å²) in [6, 6.07) is 3.55. The number of nitrogens with one attached hydrogen (secondary N) is 1. The second-order valence-corrected chi connectivity index (χ2v) is 5.67. The summed E-state index contributed by atoms with van der Waals surface area (Å²) in [6.07, 6.45) is 4.41. The molecule has 0 spiro atoms. The highest BCUT2D eigenvalue weighted by molar-refractivity contribution is 6.35. The molecule has 0 saturated carbocycles. The third-order valence-corrected chi connectivity index (χ3v) is 3.99. The molecule has 0 saturated heterocycles. The first-order valence-corrected chi connectivity index (χ1v) is 8.20. The second-order valence-electron chi connectivity index (χ2n) is 5.29. The van der Waals surface area contributed by atoms with Crippen molar-refractivity contribution in [3.63, 3.8) is 0 Å². The molecule has 0 amide bonds. The normalized spacial score (nSPS) is 10.8. The Morgan fingerprint density at radius 2 is 2.11 bits per heavy atom. The Labute approximate surface area is 158 Å². The fourth-order valence-corrected chi connectivity index (χ4v) is 2.63. The molecule has 0 atom stereocenters. The van der Waals surface area contributed by atoms with Crippen LogP contribution in [0.2, 0.25) is 5.02 Å². The quantitative estimate of drug-likeness (QED) is 0.352. The molecule has 0 aliphatic rings. The van der Waals surface area contributed by atoms with Crippen molar-refractivity contribution < 1.29 is 19.1 Å². The average Bonchev–Trinajstić information content (AvgIpc) is 3.05. The summed E-state index contributed by atoms with van der Waals surface area (Å²) in [7, 11) is 3.11. The lowest BCUT2D eigenvalue weighted by Crippen LogP contribution is -2.04. The molecule has 3 aromatic rings. The van der Waals surface area contributed by atoms with Gasteiger partial charge in [0, 0.05) is 14.2 Å². The van der Waals surface area contributed by atoms with Gasteiger partial charge in [0.25, 0.3) is 0 Å². The lowest BCUT2D eigenvalue weighted by Gasteiger charge is -2.09. The van der Waals surface area contributed by atoms with E-state index in [1.54, 1.807) is 30.0 Å². The SMILES string of the molecule is CNc1c([N+](=O)[O-])ncc(Oc2cnn3cc(OCCOC)ccc23)c1Cl. The average molecular weight is 394 g/mol. The number of methoxy groups -OCH3 is 1. The number of hydrogen-bond donors (Lipinski definition) is 1. The van der Waals surface area contributed by atoms with Crippen molar-refractivity contribution >= 4 is 28.6 Å². The summed E-state index contributed by atoms with van der Waals surface area (Å²) in [5, 5.41) is 18.0. The van der Waals surface area contributed by atoms with E-state index in [-0.39, 0.29) is 22.3 Å². The molecule has 0 unspecified atom stereocenters. The molecule has 0 fully saturated rings. The molecule has 0 aliphatic heterocycles. The number of pyridine rings is 2. The van der Waals surface area contributed by atoms with Gasteiger partial charge in [-0.3, -0.25) is 0 Å². The van der Waals surface area contributed by atoms with E-state index in [4.69, 9.17) is 25.8 Å². The molecular formula is C16H16ClN5O5. The van der Waals surface area contributed by atoms with Crippen molar-refractivity contribution in [2.45, 2.75) is 0 Å². The molecule has 11 heteroatoms. The van der Waals surface area contributed by atoms with Crippen LogP contribution in [0.15, 0.2) is 30.7 Å². The van der Waals surface area contributed by atoms with Crippen LogP contribution in [-0.2, 0) is 4.74 Å². The zero-order valence-corrected chi connectivity index (χ0v) is 15.3. The van der Waals surface area contributed by atoms with Crippen molar-refractivity contribution in [1.29, 1.82) is 0 Å². The largest absolute Gasteiger partial charge is 0.490 e. The predicted octanol–water partition coefficient (Wildman–Crippen LogP) is 3.15. The summed E-state index contributed by atoms with van der Waals surface area (Å²) >= 11 is 6.23. The van der Waals surface area contributed by atoms with E-state index in [9.17, 15) is 10.1 Å². The van der Waals surface area contributed by atoms with Gasteiger partial charge in [-0.15, -0.1) is 0 Å². The van der Waals surface area contributed by atoms with E-state index in [1.165, 1.54) is 19.4 Å². The number of hydrogen-bond acceptors (Lipinski definition) is 8. The molecule has 10 nitrogen and oxygen atoms in total. The van der Waals surface area contributed by atoms with Gasteiger partial charge in [-0.25, -0.2) is 4.52 Å². The van der Waals surface area contributed by atoms with Gasteiger partial charge in [-0.2, -0.15) is 5.10 Å². The van der Waals surface area contributed by atoms with Gasteiger partial charge in [0.15, 0.2) is 23.4 Å². The number of ether oxygens (including phenoxy) is 3. The number of nitrogens with zero attached hydrogens (tertiary/aromatic N) is 4. The number of halogens is 1. The zero-order valence-electron chi connectivity index (χ0n) is 14.5. The molecule has 0 radical (unpaired) electrons. The highest BCUT2D eigenvalue weighted by atomic mass is 35.5. The van der Waals surface area contributed by atoms with Crippen LogP contribution in [-0.4, -0.2) is 46.9 Å². The number of anilines is 1. The van der Waals surface area contributed by atoms with Gasteiger partial charge in [0.1, 0.15) is 22.9 Å². The highest BCUT2D eigenvalue weighted by Gasteiger charge is 2.23. The maximum atomic E-state index is 11.0. The van der Waals surface area contributed by atoms with E-state index in [0.29, 0.717) is 30.2 Å². The number of rotatable bonds is 8. The van der Waals surface area contributed by atoms with Crippen molar-refractivity contribution in [1.82, 2.24) is 14.6 Å². The van der Waals surface area contributed by atoms with E-state index < -0.39 is 4.92 Å². The molecule has 3 rings (SSSR count). The van der Waals surface area contributed by atoms with Crippen LogP contribution >= 0.6 is 11.6 Å². The highest BCUT2D eigenvalue weighted by Crippen LogP contribution is 2.39. The third kappa shape index (κ3) is 3.86. The minimum atomic E-state index is -0.623. The number of aromatic nitrogens is 3. The van der Waals surface area contributed by atoms with Gasteiger partial charge >= 0.3 is 5.82 Å². The first kappa shape index (κ1) is 18.7. The summed E-state index contributed by atoms with van der Waals surface area (Å²) in [5.41, 5.74) is 0.735. The first-order chi connectivity index (χ1) is 13.0. The van der Waals surface area contributed by atoms with E-state index >= 15 is 0 Å². The van der Waals surface area contributed by atoms with Crippen LogP contribution < -0.4 is 14.8 Å². The van der Waals surface area contributed by atoms with Crippen LogP contribution in [0.3, 0.4) is 0 Å². The van der Waals surface area contributed by atoms with Gasteiger partial charge in [0.05, 0.1) is 19.0 Å². The molecule has 0 aliphatic carbocycles. The van der Waals surface area contributed by atoms with Crippen LogP contribution in [0.5, 0.6) is 17.2 Å². The van der Waals surface area contributed by atoms with Crippen LogP contribution in [0.4, 0.5) is 11.5 Å². The van der Waals surface area contributed by atoms with E-state index in [1.807, 2.05) is 0 Å². The molecule has 3 aromatic heterocycles. The smallest absolute Gasteiger partial charge is 0.388 e. The maximum absolute atomic E-state index is 11.0. The Morgan fingerprint density at radius 1 is 1.30 bits per heavy atom. The topological polar surface area (TPSA) is 113 Å². The fourth-order valence-electron chi connectivity index (χ4n) is 2.36. The standard InChI is InChI=1S/C16H16ClN5O5/c1-18-15-14(17)13(7-19-16(15)22(23)24)27-12-8-20-21-9-10(3-4-11(12)21)26-6-5-25-2/h3-4,7-9,18H,5-6H2,1-2H3. The molecule has 3 heterocycles. The Bertz CT molecular complexity index is 977. The minimum absolute atomic E-state index is 0.0538. The predicted molar refractivity (Wildman–Crippen MR) is 98.1 cm³/mol. The van der Waals surface area contributed by atoms with Gasteiger partial charge in [-0.1, -0.05) is 11.6 Å².